The average Bonchev–Trinajstić information content (AvgIpc) is 3.20. The highest BCUT2D eigenvalue weighted by molar-refractivity contribution is 9.10. The monoisotopic (exact) mass is 568 g/mol. The first kappa shape index (κ1) is 24.4. The number of carbonyl (C=O) groups excluding carboxylic acids is 1. The van der Waals surface area contributed by atoms with E-state index in [1.807, 2.05) is 43.3 Å². The summed E-state index contributed by atoms with van der Waals surface area (Å²) < 4.78 is 8.64. The molecule has 0 radical (unpaired) electrons. The summed E-state index contributed by atoms with van der Waals surface area (Å²) in [6.45, 7) is 6.80. The van der Waals surface area contributed by atoms with Gasteiger partial charge in [0.05, 0.1) is 29.5 Å². The number of aromatic nitrogens is 2. The second kappa shape index (κ2) is 10.0. The standard InChI is InChI=1S/C27H25BrN2O3S2/c1-15(2)22-12-20-23(13-33-22)35-25-24(20)26(32)30(19-6-4-5-16(3)11-19)27(29-25)34-14-21(31)17-7-9-18(28)10-8-17/h4-11,15,22H,12-14H2,1-3H3/t22-/m1/s1. The minimum atomic E-state index is -0.0823. The van der Waals surface area contributed by atoms with Crippen LogP contribution in [0.15, 0.2) is 63.0 Å². The molecule has 0 saturated carbocycles. The molecule has 5 rings (SSSR count). The van der Waals surface area contributed by atoms with Gasteiger partial charge in [0.1, 0.15) is 4.83 Å². The summed E-state index contributed by atoms with van der Waals surface area (Å²) in [5, 5.41) is 1.21. The van der Waals surface area contributed by atoms with Gasteiger partial charge in [-0.05, 0) is 48.2 Å². The van der Waals surface area contributed by atoms with Crippen LogP contribution in [0.1, 0.15) is 40.2 Å². The lowest BCUT2D eigenvalue weighted by Crippen LogP contribution is -2.28. The molecule has 0 saturated heterocycles. The molecule has 0 fully saturated rings. The molecular weight excluding hydrogens is 544 g/mol. The summed E-state index contributed by atoms with van der Waals surface area (Å²) in [4.78, 5) is 33.6. The Hall–Kier alpha value is -2.26. The highest BCUT2D eigenvalue weighted by atomic mass is 79.9. The number of fused-ring (bicyclic) bond motifs is 3. The number of thiophene rings is 1. The Balaban J connectivity index is 1.60. The number of rotatable bonds is 6. The lowest BCUT2D eigenvalue weighted by Gasteiger charge is -2.26. The van der Waals surface area contributed by atoms with E-state index in [1.54, 1.807) is 16.7 Å². The zero-order valence-electron chi connectivity index (χ0n) is 19.7. The van der Waals surface area contributed by atoms with Gasteiger partial charge in [0.2, 0.25) is 0 Å². The van der Waals surface area contributed by atoms with Crippen LogP contribution in [0.2, 0.25) is 0 Å². The lowest BCUT2D eigenvalue weighted by molar-refractivity contribution is 0.00200. The second-order valence-corrected chi connectivity index (χ2v) is 12.0. The second-order valence-electron chi connectivity index (χ2n) is 9.07. The van der Waals surface area contributed by atoms with Crippen LogP contribution in [-0.2, 0) is 17.8 Å². The lowest BCUT2D eigenvalue weighted by atomic mass is 9.96. The van der Waals surface area contributed by atoms with Crippen molar-refractivity contribution in [3.63, 3.8) is 0 Å². The van der Waals surface area contributed by atoms with E-state index in [-0.39, 0.29) is 23.2 Å². The molecule has 0 amide bonds. The van der Waals surface area contributed by atoms with Crippen molar-refractivity contribution >= 4 is 55.0 Å². The van der Waals surface area contributed by atoms with Gasteiger partial charge in [0.15, 0.2) is 10.9 Å². The van der Waals surface area contributed by atoms with E-state index in [0.717, 1.165) is 31.0 Å². The summed E-state index contributed by atoms with van der Waals surface area (Å²) in [7, 11) is 0. The van der Waals surface area contributed by atoms with Gasteiger partial charge in [-0.15, -0.1) is 11.3 Å². The van der Waals surface area contributed by atoms with E-state index in [0.29, 0.717) is 35.1 Å². The molecule has 2 aromatic carbocycles. The number of ether oxygens (including phenoxy) is 1. The number of hydrogen-bond acceptors (Lipinski definition) is 6. The molecule has 0 N–H and O–H groups in total. The summed E-state index contributed by atoms with van der Waals surface area (Å²) >= 11 is 6.24. The van der Waals surface area contributed by atoms with Crippen molar-refractivity contribution in [3.8, 4) is 5.69 Å². The summed E-state index contributed by atoms with van der Waals surface area (Å²) in [6.07, 6.45) is 0.802. The molecule has 0 aliphatic carbocycles. The fourth-order valence-corrected chi connectivity index (χ4v) is 6.61. The molecule has 0 spiro atoms. The molecule has 0 bridgehead atoms. The first-order chi connectivity index (χ1) is 16.8. The van der Waals surface area contributed by atoms with Gasteiger partial charge in [-0.1, -0.05) is 65.8 Å². The summed E-state index contributed by atoms with van der Waals surface area (Å²) in [5.74, 6) is 0.547. The van der Waals surface area contributed by atoms with Crippen LogP contribution in [0.4, 0.5) is 0 Å². The quantitative estimate of drug-likeness (QED) is 0.149. The molecule has 35 heavy (non-hydrogen) atoms. The number of thioether (sulfide) groups is 1. The third-order valence-electron chi connectivity index (χ3n) is 6.21. The first-order valence-corrected chi connectivity index (χ1v) is 14.1. The van der Waals surface area contributed by atoms with Crippen molar-refractivity contribution in [1.29, 1.82) is 0 Å². The van der Waals surface area contributed by atoms with Crippen molar-refractivity contribution in [3.05, 3.63) is 84.9 Å². The van der Waals surface area contributed by atoms with E-state index >= 15 is 0 Å². The smallest absolute Gasteiger partial charge is 0.267 e. The Morgan fingerprint density at radius 1 is 1.26 bits per heavy atom. The number of benzene rings is 2. The van der Waals surface area contributed by atoms with Gasteiger partial charge < -0.3 is 4.74 Å². The fraction of sp³-hybridized carbons (Fsp3) is 0.296. The van der Waals surface area contributed by atoms with Crippen molar-refractivity contribution in [2.45, 2.75) is 45.1 Å². The largest absolute Gasteiger partial charge is 0.372 e. The number of nitrogens with zero attached hydrogens (tertiary/aromatic N) is 2. The van der Waals surface area contributed by atoms with Crippen LogP contribution in [0.3, 0.4) is 0 Å². The minimum absolute atomic E-state index is 0.00807. The molecule has 1 aliphatic rings. The van der Waals surface area contributed by atoms with E-state index in [4.69, 9.17) is 9.72 Å². The Bertz CT molecular complexity index is 1470. The zero-order chi connectivity index (χ0) is 24.7. The highest BCUT2D eigenvalue weighted by Crippen LogP contribution is 2.36. The molecule has 5 nitrogen and oxygen atoms in total. The average molecular weight is 570 g/mol. The number of carbonyl (C=O) groups is 1. The van der Waals surface area contributed by atoms with Crippen LogP contribution in [0.25, 0.3) is 15.9 Å². The van der Waals surface area contributed by atoms with Crippen LogP contribution in [0, 0.1) is 12.8 Å². The number of hydrogen-bond donors (Lipinski definition) is 0. The van der Waals surface area contributed by atoms with Crippen molar-refractivity contribution in [1.82, 2.24) is 9.55 Å². The van der Waals surface area contributed by atoms with E-state index < -0.39 is 0 Å². The van der Waals surface area contributed by atoms with E-state index in [2.05, 4.69) is 29.8 Å². The van der Waals surface area contributed by atoms with Gasteiger partial charge in [-0.2, -0.15) is 0 Å². The van der Waals surface area contributed by atoms with Gasteiger partial charge in [-0.3, -0.25) is 14.2 Å². The third-order valence-corrected chi connectivity index (χ3v) is 8.78. The molecule has 0 unspecified atom stereocenters. The minimum Gasteiger partial charge on any atom is -0.372 e. The van der Waals surface area contributed by atoms with E-state index in [9.17, 15) is 9.59 Å². The van der Waals surface area contributed by atoms with Gasteiger partial charge in [0.25, 0.3) is 5.56 Å². The number of aryl methyl sites for hydroxylation is 1. The number of halogens is 1. The van der Waals surface area contributed by atoms with Gasteiger partial charge in [0, 0.05) is 21.3 Å². The maximum Gasteiger partial charge on any atom is 0.267 e. The predicted octanol–water partition coefficient (Wildman–Crippen LogP) is 6.59. The normalized spacial score (nSPS) is 15.5. The Labute approximate surface area is 220 Å². The van der Waals surface area contributed by atoms with Crippen molar-refractivity contribution < 1.29 is 9.53 Å². The fourth-order valence-electron chi connectivity index (χ4n) is 4.28. The maximum atomic E-state index is 14.0. The molecule has 1 aliphatic heterocycles. The first-order valence-electron chi connectivity index (χ1n) is 11.5. The molecule has 180 valence electrons. The molecule has 8 heteroatoms. The summed E-state index contributed by atoms with van der Waals surface area (Å²) in [5.41, 5.74) is 3.43. The summed E-state index contributed by atoms with van der Waals surface area (Å²) in [6, 6.07) is 15.2. The van der Waals surface area contributed by atoms with Crippen LogP contribution < -0.4 is 5.56 Å². The molecule has 1 atom stereocenters. The Morgan fingerprint density at radius 2 is 2.03 bits per heavy atom. The zero-order valence-corrected chi connectivity index (χ0v) is 22.9. The molecule has 2 aromatic heterocycles. The van der Waals surface area contributed by atoms with Crippen LogP contribution >= 0.6 is 39.0 Å². The SMILES string of the molecule is Cc1cccc(-n2c(SCC(=O)c3ccc(Br)cc3)nc3sc4c(c3c2=O)C[C@H](C(C)C)OC4)c1. The van der Waals surface area contributed by atoms with Crippen LogP contribution in [0.5, 0.6) is 0 Å². The third kappa shape index (κ3) is 4.89. The topological polar surface area (TPSA) is 61.2 Å². The van der Waals surface area contributed by atoms with Crippen molar-refractivity contribution in [2.24, 2.45) is 5.92 Å². The van der Waals surface area contributed by atoms with Gasteiger partial charge >= 0.3 is 0 Å². The highest BCUT2D eigenvalue weighted by Gasteiger charge is 2.29. The number of Topliss-reactive ketones (excluding diaryl/α,β-unsaturated/α-hetero) is 1. The van der Waals surface area contributed by atoms with E-state index in [1.165, 1.54) is 23.1 Å². The number of ketones is 1. The Kier molecular flexibility index (Phi) is 6.99. The Morgan fingerprint density at radius 3 is 2.74 bits per heavy atom. The molecule has 3 heterocycles. The maximum absolute atomic E-state index is 14.0. The predicted molar refractivity (Wildman–Crippen MR) is 146 cm³/mol. The molecule has 4 aromatic rings. The van der Waals surface area contributed by atoms with Gasteiger partial charge in [-0.25, -0.2) is 4.98 Å². The molecular formula is C27H25BrN2O3S2. The van der Waals surface area contributed by atoms with Crippen molar-refractivity contribution in [2.75, 3.05) is 5.75 Å². The van der Waals surface area contributed by atoms with Crippen LogP contribution in [-0.4, -0.2) is 27.2 Å².